The van der Waals surface area contributed by atoms with Crippen LogP contribution in [0, 0.1) is 18.8 Å². The van der Waals surface area contributed by atoms with Crippen LogP contribution in [0.4, 0.5) is 0 Å². The fraction of sp³-hybridized carbons (Fsp3) is 0.650. The van der Waals surface area contributed by atoms with Gasteiger partial charge in [0.05, 0.1) is 0 Å². The molecule has 2 fully saturated rings. The van der Waals surface area contributed by atoms with E-state index in [2.05, 4.69) is 47.9 Å². The zero-order valence-corrected chi connectivity index (χ0v) is 14.6. The topological polar surface area (TPSA) is 23.6 Å². The summed E-state index contributed by atoms with van der Waals surface area (Å²) in [6.45, 7) is 9.51. The van der Waals surface area contributed by atoms with Gasteiger partial charge in [0.15, 0.2) is 0 Å². The lowest BCUT2D eigenvalue weighted by atomic mass is 9.92. The quantitative estimate of drug-likeness (QED) is 0.853. The number of hydrogen-bond acceptors (Lipinski definition) is 2. The van der Waals surface area contributed by atoms with Crippen LogP contribution in [-0.4, -0.2) is 41.9 Å². The van der Waals surface area contributed by atoms with E-state index in [-0.39, 0.29) is 5.92 Å². The minimum atomic E-state index is 0.261. The van der Waals surface area contributed by atoms with Crippen LogP contribution in [0.2, 0.25) is 0 Å². The molecule has 1 aromatic carbocycles. The first-order valence-electron chi connectivity index (χ1n) is 9.18. The van der Waals surface area contributed by atoms with Crippen molar-refractivity contribution in [3.63, 3.8) is 0 Å². The number of carbonyl (C=O) groups is 1. The molecule has 0 aliphatic carbocycles. The van der Waals surface area contributed by atoms with Gasteiger partial charge in [-0.2, -0.15) is 0 Å². The fourth-order valence-electron chi connectivity index (χ4n) is 3.89. The van der Waals surface area contributed by atoms with Gasteiger partial charge in [0.1, 0.15) is 0 Å². The Kier molecular flexibility index (Phi) is 5.37. The van der Waals surface area contributed by atoms with Crippen molar-refractivity contribution in [2.45, 2.75) is 46.1 Å². The first-order valence-corrected chi connectivity index (χ1v) is 9.18. The average Bonchev–Trinajstić information content (AvgIpc) is 2.56. The Hall–Kier alpha value is -1.35. The summed E-state index contributed by atoms with van der Waals surface area (Å²) in [5.74, 6) is 1.47. The summed E-state index contributed by atoms with van der Waals surface area (Å²) in [5.41, 5.74) is 2.71. The molecule has 0 spiro atoms. The van der Waals surface area contributed by atoms with Crippen molar-refractivity contribution < 1.29 is 4.79 Å². The molecule has 0 atom stereocenters. The molecule has 1 aromatic rings. The zero-order valence-electron chi connectivity index (χ0n) is 14.6. The lowest BCUT2D eigenvalue weighted by Crippen LogP contribution is -2.45. The molecule has 3 rings (SSSR count). The Balaban J connectivity index is 1.47. The van der Waals surface area contributed by atoms with Crippen LogP contribution in [0.1, 0.15) is 43.7 Å². The highest BCUT2D eigenvalue weighted by Crippen LogP contribution is 2.24. The zero-order chi connectivity index (χ0) is 16.2. The van der Waals surface area contributed by atoms with E-state index >= 15 is 0 Å². The highest BCUT2D eigenvalue weighted by atomic mass is 16.2. The van der Waals surface area contributed by atoms with E-state index in [0.717, 1.165) is 51.5 Å². The Bertz CT molecular complexity index is 526. The maximum atomic E-state index is 12.7. The molecule has 2 saturated heterocycles. The van der Waals surface area contributed by atoms with Gasteiger partial charge in [-0.1, -0.05) is 36.8 Å². The molecule has 3 heteroatoms. The molecular weight excluding hydrogens is 284 g/mol. The van der Waals surface area contributed by atoms with E-state index < -0.39 is 0 Å². The third-order valence-corrected chi connectivity index (χ3v) is 5.52. The van der Waals surface area contributed by atoms with Crippen molar-refractivity contribution in [3.8, 4) is 0 Å². The smallest absolute Gasteiger partial charge is 0.225 e. The Morgan fingerprint density at radius 2 is 1.78 bits per heavy atom. The van der Waals surface area contributed by atoms with E-state index in [1.54, 1.807) is 0 Å². The summed E-state index contributed by atoms with van der Waals surface area (Å²) in [6, 6.07) is 8.76. The van der Waals surface area contributed by atoms with Crippen LogP contribution >= 0.6 is 0 Å². The summed E-state index contributed by atoms with van der Waals surface area (Å²) in [6.07, 6.45) is 4.41. The van der Waals surface area contributed by atoms with Gasteiger partial charge in [0, 0.05) is 25.6 Å². The van der Waals surface area contributed by atoms with Crippen molar-refractivity contribution in [1.82, 2.24) is 9.80 Å². The number of benzene rings is 1. The van der Waals surface area contributed by atoms with Gasteiger partial charge in [0.2, 0.25) is 5.91 Å². The van der Waals surface area contributed by atoms with Crippen molar-refractivity contribution in [2.24, 2.45) is 11.8 Å². The third kappa shape index (κ3) is 4.35. The molecule has 0 aromatic heterocycles. The first-order chi connectivity index (χ1) is 11.1. The summed E-state index contributed by atoms with van der Waals surface area (Å²) in [4.78, 5) is 17.3. The van der Waals surface area contributed by atoms with Gasteiger partial charge in [-0.05, 0) is 57.2 Å². The highest BCUT2D eigenvalue weighted by molar-refractivity contribution is 5.79. The monoisotopic (exact) mass is 314 g/mol. The highest BCUT2D eigenvalue weighted by Gasteiger charge is 2.30. The van der Waals surface area contributed by atoms with Crippen molar-refractivity contribution in [1.29, 1.82) is 0 Å². The number of carbonyl (C=O) groups excluding carboxylic acids is 1. The number of likely N-dealkylation sites (tertiary alicyclic amines) is 2. The molecule has 126 valence electrons. The lowest BCUT2D eigenvalue weighted by molar-refractivity contribution is -0.138. The van der Waals surface area contributed by atoms with E-state index in [1.165, 1.54) is 24.0 Å². The normalized spacial score (nSPS) is 21.6. The largest absolute Gasteiger partial charge is 0.342 e. The standard InChI is InChI=1S/C20H30N2O/c1-16-6-12-22(13-7-16)20(23)19-8-10-21(11-9-19)15-18-5-3-4-17(2)14-18/h3-5,14,16,19H,6-13,15H2,1-2H3. The minimum absolute atomic E-state index is 0.261. The molecule has 0 saturated carbocycles. The summed E-state index contributed by atoms with van der Waals surface area (Å²) >= 11 is 0. The second-order valence-corrected chi connectivity index (χ2v) is 7.55. The SMILES string of the molecule is Cc1cccc(CN2CCC(C(=O)N3CCC(C)CC3)CC2)c1. The molecule has 2 aliphatic rings. The van der Waals surface area contributed by atoms with Crippen molar-refractivity contribution in [3.05, 3.63) is 35.4 Å². The van der Waals surface area contributed by atoms with Crippen LogP contribution in [-0.2, 0) is 11.3 Å². The molecule has 1 amide bonds. The summed E-state index contributed by atoms with van der Waals surface area (Å²) in [5, 5.41) is 0. The maximum absolute atomic E-state index is 12.7. The fourth-order valence-corrected chi connectivity index (χ4v) is 3.89. The molecule has 0 unspecified atom stereocenters. The molecule has 23 heavy (non-hydrogen) atoms. The molecule has 2 heterocycles. The molecule has 0 radical (unpaired) electrons. The second kappa shape index (κ2) is 7.48. The van der Waals surface area contributed by atoms with Crippen LogP contribution in [0.3, 0.4) is 0 Å². The average molecular weight is 314 g/mol. The number of aryl methyl sites for hydroxylation is 1. The van der Waals surface area contributed by atoms with Gasteiger partial charge in [0.25, 0.3) is 0 Å². The van der Waals surface area contributed by atoms with E-state index in [9.17, 15) is 4.79 Å². The van der Waals surface area contributed by atoms with Crippen LogP contribution in [0.15, 0.2) is 24.3 Å². The minimum Gasteiger partial charge on any atom is -0.342 e. The molecule has 0 N–H and O–H groups in total. The van der Waals surface area contributed by atoms with Gasteiger partial charge in [-0.25, -0.2) is 0 Å². The maximum Gasteiger partial charge on any atom is 0.225 e. The van der Waals surface area contributed by atoms with Gasteiger partial charge in [-0.15, -0.1) is 0 Å². The van der Waals surface area contributed by atoms with Crippen molar-refractivity contribution >= 4 is 5.91 Å². The predicted molar refractivity (Wildman–Crippen MR) is 94.2 cm³/mol. The van der Waals surface area contributed by atoms with Crippen molar-refractivity contribution in [2.75, 3.05) is 26.2 Å². The molecular formula is C20H30N2O. The first kappa shape index (κ1) is 16.5. The second-order valence-electron chi connectivity index (χ2n) is 7.55. The van der Waals surface area contributed by atoms with Gasteiger partial charge < -0.3 is 4.90 Å². The molecule has 3 nitrogen and oxygen atoms in total. The Morgan fingerprint density at radius 1 is 1.09 bits per heavy atom. The van der Waals surface area contributed by atoms with Gasteiger partial charge in [-0.3, -0.25) is 9.69 Å². The third-order valence-electron chi connectivity index (χ3n) is 5.52. The van der Waals surface area contributed by atoms with Crippen LogP contribution < -0.4 is 0 Å². The van der Waals surface area contributed by atoms with Crippen LogP contribution in [0.25, 0.3) is 0 Å². The number of rotatable bonds is 3. The number of piperidine rings is 2. The Labute approximate surface area is 140 Å². The van der Waals surface area contributed by atoms with E-state index in [4.69, 9.17) is 0 Å². The lowest BCUT2D eigenvalue weighted by Gasteiger charge is -2.36. The molecule has 2 aliphatic heterocycles. The molecule has 0 bridgehead atoms. The van der Waals surface area contributed by atoms with E-state index in [0.29, 0.717) is 5.91 Å². The van der Waals surface area contributed by atoms with E-state index in [1.807, 2.05) is 0 Å². The predicted octanol–water partition coefficient (Wildman–Crippen LogP) is 3.47. The number of amides is 1. The number of hydrogen-bond donors (Lipinski definition) is 0. The van der Waals surface area contributed by atoms with Gasteiger partial charge >= 0.3 is 0 Å². The summed E-state index contributed by atoms with van der Waals surface area (Å²) < 4.78 is 0. The van der Waals surface area contributed by atoms with Crippen LogP contribution in [0.5, 0.6) is 0 Å². The summed E-state index contributed by atoms with van der Waals surface area (Å²) in [7, 11) is 0. The number of nitrogens with zero attached hydrogens (tertiary/aromatic N) is 2. The Morgan fingerprint density at radius 3 is 2.43 bits per heavy atom.